The van der Waals surface area contributed by atoms with Crippen molar-refractivity contribution in [1.82, 2.24) is 4.90 Å². The maximum atomic E-state index is 12.5. The fourth-order valence-corrected chi connectivity index (χ4v) is 2.22. The summed E-state index contributed by atoms with van der Waals surface area (Å²) in [5.74, 6) is 0.612. The molecule has 1 fully saturated rings. The van der Waals surface area contributed by atoms with Gasteiger partial charge in [0.15, 0.2) is 0 Å². The van der Waals surface area contributed by atoms with Crippen LogP contribution in [-0.2, 0) is 0 Å². The third kappa shape index (κ3) is 3.63. The van der Waals surface area contributed by atoms with Gasteiger partial charge in [0.05, 0.1) is 5.02 Å². The van der Waals surface area contributed by atoms with Crippen LogP contribution in [0.4, 0.5) is 0 Å². The maximum absolute atomic E-state index is 12.5. The van der Waals surface area contributed by atoms with Crippen LogP contribution in [0.2, 0.25) is 5.02 Å². The molecular weight excluding hydrogens is 262 g/mol. The number of hydrogen-bond donors (Lipinski definition) is 1. The van der Waals surface area contributed by atoms with Crippen molar-refractivity contribution in [2.45, 2.75) is 39.2 Å². The zero-order valence-electron chi connectivity index (χ0n) is 11.4. The first-order valence-corrected chi connectivity index (χ1v) is 7.16. The van der Waals surface area contributed by atoms with Gasteiger partial charge in [0, 0.05) is 18.2 Å². The number of nitrogens with zero attached hydrogens (tertiary/aromatic N) is 1. The summed E-state index contributed by atoms with van der Waals surface area (Å²) < 4.78 is 0. The van der Waals surface area contributed by atoms with Gasteiger partial charge < -0.3 is 10.0 Å². The van der Waals surface area contributed by atoms with Crippen LogP contribution in [0.5, 0.6) is 5.75 Å². The molecule has 0 saturated heterocycles. The molecule has 0 bridgehead atoms. The Bertz CT molecular complexity index is 469. The summed E-state index contributed by atoms with van der Waals surface area (Å²) in [5, 5.41) is 9.63. The highest BCUT2D eigenvalue weighted by Gasteiger charge is 2.32. The minimum Gasteiger partial charge on any atom is -0.506 e. The van der Waals surface area contributed by atoms with E-state index in [9.17, 15) is 9.90 Å². The molecule has 19 heavy (non-hydrogen) atoms. The van der Waals surface area contributed by atoms with E-state index in [1.807, 2.05) is 4.90 Å². The van der Waals surface area contributed by atoms with Crippen LogP contribution in [0.15, 0.2) is 18.2 Å². The van der Waals surface area contributed by atoms with E-state index in [4.69, 9.17) is 11.6 Å². The lowest BCUT2D eigenvalue weighted by molar-refractivity contribution is 0.0735. The molecule has 1 aromatic rings. The van der Waals surface area contributed by atoms with Crippen molar-refractivity contribution < 1.29 is 9.90 Å². The fourth-order valence-electron chi connectivity index (χ4n) is 2.04. The number of aromatic hydroxyl groups is 1. The second-order valence-electron chi connectivity index (χ2n) is 5.58. The lowest BCUT2D eigenvalue weighted by atomic mass is 10.1. The number of amides is 1. The average molecular weight is 282 g/mol. The number of hydrogen-bond acceptors (Lipinski definition) is 2. The molecular formula is C15H20ClNO2. The Morgan fingerprint density at radius 3 is 2.68 bits per heavy atom. The van der Waals surface area contributed by atoms with Crippen LogP contribution in [0, 0.1) is 5.92 Å². The van der Waals surface area contributed by atoms with E-state index in [1.54, 1.807) is 12.1 Å². The van der Waals surface area contributed by atoms with Crippen molar-refractivity contribution >= 4 is 17.5 Å². The van der Waals surface area contributed by atoms with E-state index in [1.165, 1.54) is 6.07 Å². The van der Waals surface area contributed by atoms with Gasteiger partial charge in [0.25, 0.3) is 5.91 Å². The minimum absolute atomic E-state index is 0.0124. The van der Waals surface area contributed by atoms with Crippen molar-refractivity contribution in [1.29, 1.82) is 0 Å². The molecule has 104 valence electrons. The summed E-state index contributed by atoms with van der Waals surface area (Å²) in [5.41, 5.74) is 0.554. The van der Waals surface area contributed by atoms with E-state index in [-0.39, 0.29) is 16.7 Å². The predicted molar refractivity (Wildman–Crippen MR) is 76.6 cm³/mol. The second-order valence-corrected chi connectivity index (χ2v) is 5.99. The fraction of sp³-hybridized carbons (Fsp3) is 0.533. The van der Waals surface area contributed by atoms with Gasteiger partial charge in [0.2, 0.25) is 0 Å². The quantitative estimate of drug-likeness (QED) is 0.894. The monoisotopic (exact) mass is 281 g/mol. The van der Waals surface area contributed by atoms with Gasteiger partial charge in [-0.3, -0.25) is 4.79 Å². The summed E-state index contributed by atoms with van der Waals surface area (Å²) in [6.45, 7) is 5.11. The first-order chi connectivity index (χ1) is 8.99. The van der Waals surface area contributed by atoms with Crippen LogP contribution >= 0.6 is 11.6 Å². The summed E-state index contributed by atoms with van der Waals surface area (Å²) in [7, 11) is 0. The predicted octanol–water partition coefficient (Wildman–Crippen LogP) is 3.70. The van der Waals surface area contributed by atoms with Gasteiger partial charge in [-0.15, -0.1) is 0 Å². The molecule has 1 N–H and O–H groups in total. The summed E-state index contributed by atoms with van der Waals surface area (Å²) in [6, 6.07) is 5.04. The molecule has 0 unspecified atom stereocenters. The largest absolute Gasteiger partial charge is 0.506 e. The zero-order chi connectivity index (χ0) is 14.0. The second kappa shape index (κ2) is 5.83. The number of benzene rings is 1. The number of halogens is 1. The van der Waals surface area contributed by atoms with E-state index in [0.717, 1.165) is 25.8 Å². The lowest BCUT2D eigenvalue weighted by Crippen LogP contribution is -2.34. The van der Waals surface area contributed by atoms with Gasteiger partial charge >= 0.3 is 0 Å². The van der Waals surface area contributed by atoms with Crippen molar-refractivity contribution in [2.24, 2.45) is 5.92 Å². The zero-order valence-corrected chi connectivity index (χ0v) is 12.2. The van der Waals surface area contributed by atoms with Crippen LogP contribution < -0.4 is 0 Å². The number of rotatable bonds is 5. The molecule has 0 radical (unpaired) electrons. The molecule has 1 aromatic carbocycles. The number of phenolic OH excluding ortho intramolecular Hbond substituents is 1. The highest BCUT2D eigenvalue weighted by atomic mass is 35.5. The summed E-state index contributed by atoms with van der Waals surface area (Å²) in [4.78, 5) is 14.4. The van der Waals surface area contributed by atoms with E-state index >= 15 is 0 Å². The van der Waals surface area contributed by atoms with Gasteiger partial charge in [-0.1, -0.05) is 25.4 Å². The molecule has 0 atom stereocenters. The van der Waals surface area contributed by atoms with Gasteiger partial charge in [-0.25, -0.2) is 0 Å². The first-order valence-electron chi connectivity index (χ1n) is 6.78. The molecule has 2 rings (SSSR count). The van der Waals surface area contributed by atoms with Gasteiger partial charge in [-0.2, -0.15) is 0 Å². The molecule has 0 spiro atoms. The third-order valence-corrected chi connectivity index (χ3v) is 3.69. The molecule has 4 heteroatoms. The standard InChI is InChI=1S/C15H20ClNO2/c1-10(2)7-8-17(12-4-5-12)15(19)11-3-6-14(18)13(16)9-11/h3,6,9-10,12,18H,4-5,7-8H2,1-2H3. The van der Waals surface area contributed by atoms with E-state index in [0.29, 0.717) is 17.5 Å². The lowest BCUT2D eigenvalue weighted by Gasteiger charge is -2.23. The molecule has 0 aromatic heterocycles. The maximum Gasteiger partial charge on any atom is 0.254 e. The Labute approximate surface area is 119 Å². The number of carbonyl (C=O) groups excluding carboxylic acids is 1. The average Bonchev–Trinajstić information content (AvgIpc) is 3.16. The normalized spacial score (nSPS) is 14.7. The Morgan fingerprint density at radius 2 is 2.16 bits per heavy atom. The molecule has 0 heterocycles. The van der Waals surface area contributed by atoms with Crippen LogP contribution in [0.3, 0.4) is 0 Å². The van der Waals surface area contributed by atoms with Crippen LogP contribution in [0.25, 0.3) is 0 Å². The molecule has 1 amide bonds. The smallest absolute Gasteiger partial charge is 0.254 e. The summed E-state index contributed by atoms with van der Waals surface area (Å²) >= 11 is 5.86. The third-order valence-electron chi connectivity index (χ3n) is 3.39. The highest BCUT2D eigenvalue weighted by Crippen LogP contribution is 2.30. The van der Waals surface area contributed by atoms with E-state index < -0.39 is 0 Å². The molecule has 0 aliphatic heterocycles. The van der Waals surface area contributed by atoms with Crippen molar-refractivity contribution in [3.8, 4) is 5.75 Å². The Morgan fingerprint density at radius 1 is 1.47 bits per heavy atom. The SMILES string of the molecule is CC(C)CCN(C(=O)c1ccc(O)c(Cl)c1)C1CC1. The number of phenols is 1. The summed E-state index contributed by atoms with van der Waals surface area (Å²) in [6.07, 6.45) is 3.19. The van der Waals surface area contributed by atoms with E-state index in [2.05, 4.69) is 13.8 Å². The Hall–Kier alpha value is -1.22. The molecule has 3 nitrogen and oxygen atoms in total. The van der Waals surface area contributed by atoms with Crippen molar-refractivity contribution in [3.05, 3.63) is 28.8 Å². The molecule has 1 saturated carbocycles. The Balaban J connectivity index is 2.12. The van der Waals surface area contributed by atoms with Crippen molar-refractivity contribution in [3.63, 3.8) is 0 Å². The molecule has 1 aliphatic rings. The first kappa shape index (κ1) is 14.2. The van der Waals surface area contributed by atoms with Crippen LogP contribution in [0.1, 0.15) is 43.5 Å². The molecule has 1 aliphatic carbocycles. The van der Waals surface area contributed by atoms with Crippen molar-refractivity contribution in [2.75, 3.05) is 6.54 Å². The minimum atomic E-state index is 0.0124. The highest BCUT2D eigenvalue weighted by molar-refractivity contribution is 6.32. The number of carbonyl (C=O) groups is 1. The topological polar surface area (TPSA) is 40.5 Å². The van der Waals surface area contributed by atoms with Gasteiger partial charge in [-0.05, 0) is 43.4 Å². The Kier molecular flexibility index (Phi) is 4.35. The van der Waals surface area contributed by atoms with Gasteiger partial charge in [0.1, 0.15) is 5.75 Å². The van der Waals surface area contributed by atoms with Crippen LogP contribution in [-0.4, -0.2) is 28.5 Å².